The van der Waals surface area contributed by atoms with Gasteiger partial charge in [0, 0.05) is 24.9 Å². The van der Waals surface area contributed by atoms with Crippen LogP contribution in [0.2, 0.25) is 0 Å². The van der Waals surface area contributed by atoms with Gasteiger partial charge in [0.15, 0.2) is 0 Å². The van der Waals surface area contributed by atoms with Crippen molar-refractivity contribution in [2.45, 2.75) is 18.9 Å². The average molecular weight is 309 g/mol. The quantitative estimate of drug-likeness (QED) is 0.807. The van der Waals surface area contributed by atoms with Crippen LogP contribution in [0.5, 0.6) is 0 Å². The summed E-state index contributed by atoms with van der Waals surface area (Å²) < 4.78 is 0. The van der Waals surface area contributed by atoms with Gasteiger partial charge in [-0.2, -0.15) is 0 Å². The normalized spacial score (nSPS) is 22.1. The minimum absolute atomic E-state index is 0.00939. The lowest BCUT2D eigenvalue weighted by Gasteiger charge is -2.23. The SMILES string of the molecule is CN(C)CCCNC(=O)C1CC(=O)N(C)C1c1cccs1. The highest BCUT2D eigenvalue weighted by molar-refractivity contribution is 7.10. The van der Waals surface area contributed by atoms with Crippen LogP contribution in [0, 0.1) is 5.92 Å². The first kappa shape index (κ1) is 16.0. The number of hydrogen-bond acceptors (Lipinski definition) is 4. The molecule has 2 atom stereocenters. The Morgan fingerprint density at radius 1 is 1.52 bits per heavy atom. The molecule has 1 aliphatic heterocycles. The van der Waals surface area contributed by atoms with Gasteiger partial charge < -0.3 is 15.1 Å². The molecule has 0 bridgehead atoms. The molecule has 116 valence electrons. The summed E-state index contributed by atoms with van der Waals surface area (Å²) in [5.74, 6) is -0.243. The first-order valence-corrected chi connectivity index (χ1v) is 8.10. The second-order valence-electron chi connectivity index (χ2n) is 5.72. The topological polar surface area (TPSA) is 52.7 Å². The molecule has 6 heteroatoms. The van der Waals surface area contributed by atoms with Crippen molar-refractivity contribution in [3.05, 3.63) is 22.4 Å². The third-order valence-corrected chi connectivity index (χ3v) is 4.78. The lowest BCUT2D eigenvalue weighted by Crippen LogP contribution is -2.35. The summed E-state index contributed by atoms with van der Waals surface area (Å²) in [6, 6.07) is 3.84. The Balaban J connectivity index is 1.97. The predicted molar refractivity (Wildman–Crippen MR) is 84.1 cm³/mol. The van der Waals surface area contributed by atoms with Crippen LogP contribution in [0.15, 0.2) is 17.5 Å². The van der Waals surface area contributed by atoms with Crippen molar-refractivity contribution in [3.8, 4) is 0 Å². The average Bonchev–Trinajstić information content (AvgIpc) is 3.04. The molecule has 2 heterocycles. The number of hydrogen-bond donors (Lipinski definition) is 1. The number of carbonyl (C=O) groups is 2. The van der Waals surface area contributed by atoms with Crippen LogP contribution < -0.4 is 5.32 Å². The third-order valence-electron chi connectivity index (χ3n) is 3.84. The van der Waals surface area contributed by atoms with E-state index in [9.17, 15) is 9.59 Å². The zero-order valence-electron chi connectivity index (χ0n) is 12.8. The van der Waals surface area contributed by atoms with Gasteiger partial charge >= 0.3 is 0 Å². The van der Waals surface area contributed by atoms with Crippen LogP contribution in [0.3, 0.4) is 0 Å². The molecule has 1 aromatic rings. The maximum absolute atomic E-state index is 12.4. The maximum atomic E-state index is 12.4. The van der Waals surface area contributed by atoms with Gasteiger partial charge in [0.1, 0.15) is 0 Å². The van der Waals surface area contributed by atoms with Crippen molar-refractivity contribution in [1.82, 2.24) is 15.1 Å². The molecule has 1 N–H and O–H groups in total. The highest BCUT2D eigenvalue weighted by atomic mass is 32.1. The second-order valence-corrected chi connectivity index (χ2v) is 6.70. The first-order chi connectivity index (χ1) is 10.0. The molecule has 1 aromatic heterocycles. The smallest absolute Gasteiger partial charge is 0.226 e. The first-order valence-electron chi connectivity index (χ1n) is 7.22. The minimum atomic E-state index is -0.277. The highest BCUT2D eigenvalue weighted by Crippen LogP contribution is 2.38. The zero-order valence-corrected chi connectivity index (χ0v) is 13.7. The van der Waals surface area contributed by atoms with Gasteiger partial charge in [-0.05, 0) is 38.5 Å². The molecule has 2 rings (SSSR count). The van der Waals surface area contributed by atoms with Crippen molar-refractivity contribution in [2.24, 2.45) is 5.92 Å². The summed E-state index contributed by atoms with van der Waals surface area (Å²) in [4.78, 5) is 29.2. The van der Waals surface area contributed by atoms with Gasteiger partial charge in [-0.15, -0.1) is 11.3 Å². The Morgan fingerprint density at radius 2 is 2.29 bits per heavy atom. The predicted octanol–water partition coefficient (Wildman–Crippen LogP) is 1.34. The van der Waals surface area contributed by atoms with Crippen molar-refractivity contribution in [2.75, 3.05) is 34.2 Å². The van der Waals surface area contributed by atoms with Crippen molar-refractivity contribution in [3.63, 3.8) is 0 Å². The Morgan fingerprint density at radius 3 is 2.90 bits per heavy atom. The van der Waals surface area contributed by atoms with Crippen LogP contribution >= 0.6 is 11.3 Å². The zero-order chi connectivity index (χ0) is 15.4. The Kier molecular flexibility index (Phi) is 5.36. The molecule has 0 radical (unpaired) electrons. The molecule has 5 nitrogen and oxygen atoms in total. The van der Waals surface area contributed by atoms with E-state index < -0.39 is 0 Å². The summed E-state index contributed by atoms with van der Waals surface area (Å²) in [6.07, 6.45) is 1.22. The Bertz CT molecular complexity index is 487. The molecule has 1 aliphatic rings. The molecule has 1 saturated heterocycles. The molecular weight excluding hydrogens is 286 g/mol. The highest BCUT2D eigenvalue weighted by Gasteiger charge is 2.42. The van der Waals surface area contributed by atoms with Gasteiger partial charge in [0.2, 0.25) is 11.8 Å². The summed E-state index contributed by atoms with van der Waals surface area (Å²) in [5.41, 5.74) is 0. The lowest BCUT2D eigenvalue weighted by atomic mass is 9.98. The third kappa shape index (κ3) is 3.83. The van der Waals surface area contributed by atoms with Crippen molar-refractivity contribution in [1.29, 1.82) is 0 Å². The van der Waals surface area contributed by atoms with E-state index in [1.165, 1.54) is 0 Å². The molecule has 1 fully saturated rings. The minimum Gasteiger partial charge on any atom is -0.356 e. The van der Waals surface area contributed by atoms with Crippen molar-refractivity contribution < 1.29 is 9.59 Å². The number of nitrogens with zero attached hydrogens (tertiary/aromatic N) is 2. The van der Waals surface area contributed by atoms with Gasteiger partial charge in [0.05, 0.1) is 12.0 Å². The van der Waals surface area contributed by atoms with E-state index in [1.807, 2.05) is 31.6 Å². The van der Waals surface area contributed by atoms with E-state index >= 15 is 0 Å². The summed E-state index contributed by atoms with van der Waals surface area (Å²) in [7, 11) is 5.81. The van der Waals surface area contributed by atoms with Crippen LogP contribution in [-0.2, 0) is 9.59 Å². The number of likely N-dealkylation sites (tertiary alicyclic amines) is 1. The number of carbonyl (C=O) groups excluding carboxylic acids is 2. The molecule has 2 unspecified atom stereocenters. The van der Waals surface area contributed by atoms with E-state index in [0.717, 1.165) is 17.8 Å². The number of thiophene rings is 1. The van der Waals surface area contributed by atoms with Crippen LogP contribution in [-0.4, -0.2) is 55.8 Å². The van der Waals surface area contributed by atoms with E-state index in [1.54, 1.807) is 23.3 Å². The standard InChI is InChI=1S/C15H23N3O2S/c1-17(2)8-5-7-16-15(20)11-10-13(19)18(3)14(11)12-6-4-9-21-12/h4,6,9,11,14H,5,7-8,10H2,1-3H3,(H,16,20). The van der Waals surface area contributed by atoms with Gasteiger partial charge in [-0.25, -0.2) is 0 Å². The van der Waals surface area contributed by atoms with Gasteiger partial charge in [-0.1, -0.05) is 6.07 Å². The van der Waals surface area contributed by atoms with E-state index in [2.05, 4.69) is 10.2 Å². The molecule has 0 aliphatic carbocycles. The maximum Gasteiger partial charge on any atom is 0.226 e. The summed E-state index contributed by atoms with van der Waals surface area (Å²) in [5, 5.41) is 4.96. The molecule has 0 saturated carbocycles. The lowest BCUT2D eigenvalue weighted by molar-refractivity contribution is -0.128. The molecule has 0 aromatic carbocycles. The fourth-order valence-corrected chi connectivity index (χ4v) is 3.62. The molecule has 2 amide bonds. The monoisotopic (exact) mass is 309 g/mol. The van der Waals surface area contributed by atoms with Crippen LogP contribution in [0.1, 0.15) is 23.8 Å². The van der Waals surface area contributed by atoms with E-state index in [-0.39, 0.29) is 23.8 Å². The number of nitrogens with one attached hydrogen (secondary N) is 1. The fourth-order valence-electron chi connectivity index (χ4n) is 2.69. The summed E-state index contributed by atoms with van der Waals surface area (Å²) in [6.45, 7) is 1.60. The largest absolute Gasteiger partial charge is 0.356 e. The van der Waals surface area contributed by atoms with Crippen molar-refractivity contribution >= 4 is 23.2 Å². The van der Waals surface area contributed by atoms with Gasteiger partial charge in [0.25, 0.3) is 0 Å². The van der Waals surface area contributed by atoms with E-state index in [0.29, 0.717) is 13.0 Å². The second kappa shape index (κ2) is 7.04. The molecular formula is C15H23N3O2S. The van der Waals surface area contributed by atoms with E-state index in [4.69, 9.17) is 0 Å². The molecule has 0 spiro atoms. The number of rotatable bonds is 6. The van der Waals surface area contributed by atoms with Crippen LogP contribution in [0.4, 0.5) is 0 Å². The fraction of sp³-hybridized carbons (Fsp3) is 0.600. The van der Waals surface area contributed by atoms with Gasteiger partial charge in [-0.3, -0.25) is 9.59 Å². The molecule has 21 heavy (non-hydrogen) atoms. The summed E-state index contributed by atoms with van der Waals surface area (Å²) >= 11 is 1.60. The Labute approximate surface area is 129 Å². The Hall–Kier alpha value is -1.40. The number of amides is 2. The van der Waals surface area contributed by atoms with Crippen LogP contribution in [0.25, 0.3) is 0 Å².